The summed E-state index contributed by atoms with van der Waals surface area (Å²) >= 11 is 0. The average Bonchev–Trinajstić information content (AvgIpc) is 3.07. The fourth-order valence-corrected chi connectivity index (χ4v) is 3.11. The van der Waals surface area contributed by atoms with E-state index in [-0.39, 0.29) is 6.42 Å². The third-order valence-electron chi connectivity index (χ3n) is 4.78. The van der Waals surface area contributed by atoms with Crippen molar-refractivity contribution in [1.29, 1.82) is 0 Å². The number of hydrogen-bond donors (Lipinski definition) is 3. The Morgan fingerprint density at radius 2 is 1.97 bits per heavy atom. The Labute approximate surface area is 188 Å². The Morgan fingerprint density at radius 1 is 1.33 bits per heavy atom. The molecule has 0 unspecified atom stereocenters. The summed E-state index contributed by atoms with van der Waals surface area (Å²) in [6.45, 7) is 6.75. The maximum atomic E-state index is 14.2. The minimum Gasteiger partial charge on any atom is -0.444 e. The van der Waals surface area contributed by atoms with Gasteiger partial charge in [-0.2, -0.15) is 4.39 Å². The first-order chi connectivity index (χ1) is 15.2. The van der Waals surface area contributed by atoms with Crippen molar-refractivity contribution in [2.45, 2.75) is 77.8 Å². The lowest BCUT2D eigenvalue weighted by Crippen LogP contribution is -2.48. The molecule has 1 saturated heterocycles. The number of ether oxygens (including phenoxy) is 3. The molecule has 1 amide bonds. The quantitative estimate of drug-likeness (QED) is 0.456. The highest BCUT2D eigenvalue weighted by Crippen LogP contribution is 2.27. The van der Waals surface area contributed by atoms with Gasteiger partial charge in [0.1, 0.15) is 24.0 Å². The number of aromatic nitrogens is 2. The molecule has 1 aromatic heterocycles. The zero-order valence-corrected chi connectivity index (χ0v) is 19.1. The molecule has 3 N–H and O–H groups in total. The second-order valence-electron chi connectivity index (χ2n) is 8.98. The van der Waals surface area contributed by atoms with E-state index in [0.717, 1.165) is 4.57 Å². The summed E-state index contributed by atoms with van der Waals surface area (Å²) in [7, 11) is 0. The van der Waals surface area contributed by atoms with Crippen molar-refractivity contribution < 1.29 is 38.4 Å². The predicted octanol–water partition coefficient (Wildman–Crippen LogP) is -0.160. The molecular weight excluding hydrogens is 445 g/mol. The molecule has 4 atom stereocenters. The number of amides is 1. The molecule has 1 fully saturated rings. The van der Waals surface area contributed by atoms with Crippen molar-refractivity contribution in [1.82, 2.24) is 14.5 Å². The summed E-state index contributed by atoms with van der Waals surface area (Å²) in [6, 6.07) is -1.16. The van der Waals surface area contributed by atoms with Crippen LogP contribution >= 0.6 is 0 Å². The number of alkyl carbamates (subject to hydrolysis) is 1. The largest absolute Gasteiger partial charge is 0.444 e. The van der Waals surface area contributed by atoms with Gasteiger partial charge in [0.05, 0.1) is 18.9 Å². The van der Waals surface area contributed by atoms with Crippen LogP contribution in [-0.2, 0) is 25.7 Å². The molecule has 186 valence electrons. The van der Waals surface area contributed by atoms with Gasteiger partial charge in [-0.25, -0.2) is 19.0 Å². The van der Waals surface area contributed by atoms with Crippen molar-refractivity contribution in [3.63, 3.8) is 0 Å². The Hall–Kier alpha value is -2.77. The number of esters is 1. The third kappa shape index (κ3) is 6.62. The molecule has 1 aromatic rings. The van der Waals surface area contributed by atoms with Crippen LogP contribution in [0.4, 0.5) is 9.18 Å². The number of nitrogens with zero attached hydrogens (tertiary/aromatic N) is 2. The number of aliphatic hydroxyl groups is 2. The van der Waals surface area contributed by atoms with Gasteiger partial charge >= 0.3 is 17.8 Å². The molecule has 1 aliphatic heterocycles. The van der Waals surface area contributed by atoms with E-state index in [4.69, 9.17) is 14.2 Å². The van der Waals surface area contributed by atoms with Crippen molar-refractivity contribution in [3.8, 4) is 0 Å². The van der Waals surface area contributed by atoms with Gasteiger partial charge < -0.3 is 29.7 Å². The maximum Gasteiger partial charge on any atom is 0.408 e. The summed E-state index contributed by atoms with van der Waals surface area (Å²) in [4.78, 5) is 49.5. The van der Waals surface area contributed by atoms with Crippen LogP contribution < -0.4 is 16.6 Å². The molecule has 13 heteroatoms. The molecule has 12 nitrogen and oxygen atoms in total. The normalized spacial score (nSPS) is 21.7. The van der Waals surface area contributed by atoms with Crippen molar-refractivity contribution in [3.05, 3.63) is 32.9 Å². The molecule has 0 spiro atoms. The smallest absolute Gasteiger partial charge is 0.408 e. The van der Waals surface area contributed by atoms with Crippen molar-refractivity contribution in [2.75, 3.05) is 6.61 Å². The first-order valence-corrected chi connectivity index (χ1v) is 10.4. The number of halogens is 1. The molecule has 2 heterocycles. The monoisotopic (exact) mass is 475 g/mol. The minimum absolute atomic E-state index is 0.127. The van der Waals surface area contributed by atoms with Gasteiger partial charge in [0.2, 0.25) is 5.82 Å². The molecule has 33 heavy (non-hydrogen) atoms. The van der Waals surface area contributed by atoms with Gasteiger partial charge in [-0.1, -0.05) is 13.8 Å². The van der Waals surface area contributed by atoms with E-state index in [1.54, 1.807) is 34.6 Å². The first-order valence-electron chi connectivity index (χ1n) is 10.4. The van der Waals surface area contributed by atoms with E-state index < -0.39 is 78.5 Å². The van der Waals surface area contributed by atoms with Crippen LogP contribution in [0, 0.1) is 11.7 Å². The zero-order chi connectivity index (χ0) is 25.1. The number of rotatable bonds is 7. The van der Waals surface area contributed by atoms with E-state index in [1.165, 1.54) is 0 Å². The molecule has 0 aromatic carbocycles. The Kier molecular flexibility index (Phi) is 8.38. The number of carbonyl (C=O) groups is 2. The summed E-state index contributed by atoms with van der Waals surface area (Å²) in [5, 5.41) is 21.4. The van der Waals surface area contributed by atoms with Gasteiger partial charge in [-0.3, -0.25) is 9.36 Å². The summed E-state index contributed by atoms with van der Waals surface area (Å²) < 4.78 is 30.8. The molecule has 2 rings (SSSR count). The van der Waals surface area contributed by atoms with Crippen LogP contribution in [0.1, 0.15) is 47.3 Å². The summed E-state index contributed by atoms with van der Waals surface area (Å²) in [6.07, 6.45) is -3.58. The van der Waals surface area contributed by atoms with Crippen LogP contribution in [-0.4, -0.2) is 61.9 Å². The third-order valence-corrected chi connectivity index (χ3v) is 4.78. The highest BCUT2D eigenvalue weighted by atomic mass is 19.1. The lowest BCUT2D eigenvalue weighted by atomic mass is 10.1. The fraction of sp³-hybridized carbons (Fsp3) is 0.700. The molecule has 0 radical (unpaired) electrons. The zero-order valence-electron chi connectivity index (χ0n) is 19.1. The van der Waals surface area contributed by atoms with Gasteiger partial charge in [0.15, 0.2) is 6.73 Å². The Balaban J connectivity index is 2.20. The lowest BCUT2D eigenvalue weighted by molar-refractivity contribution is -0.151. The number of carbonyl (C=O) groups excluding carboxylic acids is 2. The SMILES string of the molecule is CC(C)[C@H](NC(=O)OC(C)(C)C)C(=O)OCn1c(=O)c(F)cn([C@H]2C[C@H](O)[C@@H](CO)O2)c1=O. The highest BCUT2D eigenvalue weighted by Gasteiger charge is 2.36. The second-order valence-corrected chi connectivity index (χ2v) is 8.98. The minimum atomic E-state index is -1.33. The number of nitrogens with one attached hydrogen (secondary N) is 1. The molecule has 0 saturated carbocycles. The Morgan fingerprint density at radius 3 is 2.48 bits per heavy atom. The molecule has 0 aliphatic carbocycles. The van der Waals surface area contributed by atoms with Crippen molar-refractivity contribution >= 4 is 12.1 Å². The Bertz CT molecular complexity index is 982. The maximum absolute atomic E-state index is 14.2. The van der Waals surface area contributed by atoms with Crippen molar-refractivity contribution in [2.24, 2.45) is 5.92 Å². The van der Waals surface area contributed by atoms with Gasteiger partial charge in [-0.15, -0.1) is 0 Å². The molecule has 1 aliphatic rings. The standard InChI is InChI=1S/C20H30FN3O9/c1-10(2)15(22-18(29)33-20(3,4)5)17(28)31-9-24-16(27)11(21)7-23(19(24)30)14-6-12(26)13(8-25)32-14/h7,10,12-15,25-26H,6,8-9H2,1-5H3,(H,22,29)/t12-,13+,14+,15-/m0/s1. The summed E-state index contributed by atoms with van der Waals surface area (Å²) in [5.41, 5.74) is -3.19. The lowest BCUT2D eigenvalue weighted by Gasteiger charge is -2.24. The van der Waals surface area contributed by atoms with E-state index >= 15 is 0 Å². The van der Waals surface area contributed by atoms with E-state index in [2.05, 4.69) is 5.32 Å². The average molecular weight is 475 g/mol. The summed E-state index contributed by atoms with van der Waals surface area (Å²) in [5.74, 6) is -2.72. The second kappa shape index (κ2) is 10.4. The number of aliphatic hydroxyl groups excluding tert-OH is 2. The number of hydrogen-bond acceptors (Lipinski definition) is 9. The topological polar surface area (TPSA) is 158 Å². The van der Waals surface area contributed by atoms with Gasteiger partial charge in [-0.05, 0) is 26.7 Å². The molecule has 0 bridgehead atoms. The predicted molar refractivity (Wildman–Crippen MR) is 111 cm³/mol. The van der Waals surface area contributed by atoms with Crippen LogP contribution in [0.15, 0.2) is 15.8 Å². The molecular formula is C20H30FN3O9. The van der Waals surface area contributed by atoms with Crippen LogP contribution in [0.5, 0.6) is 0 Å². The highest BCUT2D eigenvalue weighted by molar-refractivity contribution is 5.81. The van der Waals surface area contributed by atoms with Crippen LogP contribution in [0.3, 0.4) is 0 Å². The first kappa shape index (κ1) is 26.5. The van der Waals surface area contributed by atoms with Gasteiger partial charge in [0, 0.05) is 6.42 Å². The van der Waals surface area contributed by atoms with Gasteiger partial charge in [0.25, 0.3) is 5.56 Å². The fourth-order valence-electron chi connectivity index (χ4n) is 3.11. The van der Waals surface area contributed by atoms with Crippen LogP contribution in [0.25, 0.3) is 0 Å². The van der Waals surface area contributed by atoms with E-state index in [9.17, 15) is 33.8 Å². The van der Waals surface area contributed by atoms with E-state index in [1.807, 2.05) is 0 Å². The van der Waals surface area contributed by atoms with E-state index in [0.29, 0.717) is 10.8 Å². The van der Waals surface area contributed by atoms with Crippen LogP contribution in [0.2, 0.25) is 0 Å².